The highest BCUT2D eigenvalue weighted by atomic mass is 16.6. The first kappa shape index (κ1) is 14.5. The van der Waals surface area contributed by atoms with E-state index in [-0.39, 0.29) is 40.6 Å². The van der Waals surface area contributed by atoms with Gasteiger partial charge < -0.3 is 14.9 Å². The maximum atomic E-state index is 12.4. The molecule has 4 saturated carbocycles. The van der Waals surface area contributed by atoms with Crippen LogP contribution < -0.4 is 0 Å². The number of allylic oxidation sites excluding steroid dienone is 1. The van der Waals surface area contributed by atoms with Gasteiger partial charge in [-0.3, -0.25) is 4.79 Å². The van der Waals surface area contributed by atoms with E-state index in [1.165, 1.54) is 5.57 Å². The Morgan fingerprint density at radius 3 is 2.83 bits per heavy atom. The second kappa shape index (κ2) is 4.20. The molecule has 6 fully saturated rings. The van der Waals surface area contributed by atoms with E-state index < -0.39 is 12.3 Å². The molecule has 2 aliphatic heterocycles. The summed E-state index contributed by atoms with van der Waals surface area (Å²) in [4.78, 5) is 12.4. The van der Waals surface area contributed by atoms with Crippen LogP contribution in [0.4, 0.5) is 0 Å². The van der Waals surface area contributed by atoms with Gasteiger partial charge in [0.2, 0.25) is 0 Å². The van der Waals surface area contributed by atoms with E-state index in [1.54, 1.807) is 0 Å². The standard InChI is InChI=1S/C19H26O4/c1-9-7-18-8-11(9)3-4-13(18)19-6-5-12(23-17(19)22)10(2)14(19)15(18)16(20)21/h10-15,17,22H,1,3-8H2,2H3,(H,20,21)/t10-,11+,12+,13?,14?,15+,17?,18-,19+/m0/s1. The molecule has 0 aromatic heterocycles. The van der Waals surface area contributed by atoms with Crippen molar-refractivity contribution in [1.29, 1.82) is 0 Å². The molecule has 2 spiro atoms. The third kappa shape index (κ3) is 1.41. The van der Waals surface area contributed by atoms with Crippen molar-refractivity contribution in [3.63, 3.8) is 0 Å². The fourth-order valence-electron chi connectivity index (χ4n) is 7.99. The number of rotatable bonds is 1. The molecular formula is C19H26O4. The van der Waals surface area contributed by atoms with E-state index in [1.807, 2.05) is 0 Å². The number of aliphatic hydroxyl groups excluding tert-OH is 1. The van der Waals surface area contributed by atoms with Crippen LogP contribution in [-0.2, 0) is 9.53 Å². The molecule has 4 bridgehead atoms. The summed E-state index contributed by atoms with van der Waals surface area (Å²) in [6, 6.07) is 0. The summed E-state index contributed by atoms with van der Waals surface area (Å²) in [5.41, 5.74) is 0.729. The lowest BCUT2D eigenvalue weighted by Gasteiger charge is -2.58. The fraction of sp³-hybridized carbons (Fsp3) is 0.842. The molecule has 2 heterocycles. The van der Waals surface area contributed by atoms with E-state index in [2.05, 4.69) is 13.5 Å². The van der Waals surface area contributed by atoms with Gasteiger partial charge in [0.15, 0.2) is 6.29 Å². The highest BCUT2D eigenvalue weighted by Crippen LogP contribution is 2.78. The first-order valence-corrected chi connectivity index (χ1v) is 9.16. The number of aliphatic carboxylic acids is 1. The molecule has 9 atom stereocenters. The minimum Gasteiger partial charge on any atom is -0.481 e. The zero-order chi connectivity index (χ0) is 16.1. The van der Waals surface area contributed by atoms with Gasteiger partial charge in [0.1, 0.15) is 0 Å². The van der Waals surface area contributed by atoms with Gasteiger partial charge in [-0.05, 0) is 67.6 Å². The van der Waals surface area contributed by atoms with Crippen LogP contribution in [0.3, 0.4) is 0 Å². The Morgan fingerprint density at radius 2 is 2.13 bits per heavy atom. The van der Waals surface area contributed by atoms with Crippen molar-refractivity contribution in [2.75, 3.05) is 0 Å². The first-order chi connectivity index (χ1) is 10.9. The summed E-state index contributed by atoms with van der Waals surface area (Å²) in [5.74, 6) is 0.0490. The second-order valence-electron chi connectivity index (χ2n) is 8.98. The van der Waals surface area contributed by atoms with Crippen LogP contribution in [0.25, 0.3) is 0 Å². The number of carboxylic acids is 1. The Bertz CT molecular complexity index is 600. The van der Waals surface area contributed by atoms with Gasteiger partial charge in [-0.2, -0.15) is 0 Å². The van der Waals surface area contributed by atoms with Crippen molar-refractivity contribution in [3.8, 4) is 0 Å². The van der Waals surface area contributed by atoms with Crippen molar-refractivity contribution in [2.45, 2.75) is 57.8 Å². The summed E-state index contributed by atoms with van der Waals surface area (Å²) < 4.78 is 5.95. The Labute approximate surface area is 136 Å². The average molecular weight is 318 g/mol. The van der Waals surface area contributed by atoms with Crippen LogP contribution in [0.15, 0.2) is 12.2 Å². The van der Waals surface area contributed by atoms with Crippen molar-refractivity contribution >= 4 is 5.97 Å². The highest BCUT2D eigenvalue weighted by molar-refractivity contribution is 5.73. The monoisotopic (exact) mass is 318 g/mol. The Kier molecular flexibility index (Phi) is 2.65. The largest absolute Gasteiger partial charge is 0.481 e. The Hall–Kier alpha value is -0.870. The quantitative estimate of drug-likeness (QED) is 0.730. The summed E-state index contributed by atoms with van der Waals surface area (Å²) >= 11 is 0. The molecule has 2 N–H and O–H groups in total. The summed E-state index contributed by atoms with van der Waals surface area (Å²) in [6.07, 6.45) is 5.10. The van der Waals surface area contributed by atoms with E-state index in [0.29, 0.717) is 5.92 Å². The molecule has 4 nitrogen and oxygen atoms in total. The molecule has 0 radical (unpaired) electrons. The molecule has 126 valence electrons. The number of carbonyl (C=O) groups is 1. The van der Waals surface area contributed by atoms with Crippen LogP contribution in [0.1, 0.15) is 45.4 Å². The molecule has 4 aliphatic carbocycles. The normalized spacial score (nSPS) is 59.7. The number of ether oxygens (including phenoxy) is 1. The molecule has 0 aromatic rings. The molecule has 6 aliphatic rings. The molecule has 6 rings (SSSR count). The second-order valence-corrected chi connectivity index (χ2v) is 8.98. The lowest BCUT2D eigenvalue weighted by atomic mass is 9.54. The molecule has 4 heteroatoms. The van der Waals surface area contributed by atoms with Crippen LogP contribution in [0.2, 0.25) is 0 Å². The molecule has 0 aromatic carbocycles. The zero-order valence-electron chi connectivity index (χ0n) is 13.7. The zero-order valence-corrected chi connectivity index (χ0v) is 13.7. The van der Waals surface area contributed by atoms with Gasteiger partial charge in [0.05, 0.1) is 12.0 Å². The van der Waals surface area contributed by atoms with Crippen molar-refractivity contribution in [1.82, 2.24) is 0 Å². The van der Waals surface area contributed by atoms with E-state index in [4.69, 9.17) is 4.74 Å². The van der Waals surface area contributed by atoms with E-state index in [9.17, 15) is 15.0 Å². The molecule has 3 unspecified atom stereocenters. The summed E-state index contributed by atoms with van der Waals surface area (Å²) in [7, 11) is 0. The smallest absolute Gasteiger partial charge is 0.307 e. The average Bonchev–Trinajstić information content (AvgIpc) is 2.91. The maximum Gasteiger partial charge on any atom is 0.307 e. The lowest BCUT2D eigenvalue weighted by Crippen LogP contribution is -2.61. The predicted molar refractivity (Wildman–Crippen MR) is 83.3 cm³/mol. The predicted octanol–water partition coefficient (Wildman–Crippen LogP) is 2.81. The number of hydrogen-bond donors (Lipinski definition) is 2. The number of fused-ring (bicyclic) bond motifs is 3. The van der Waals surface area contributed by atoms with Crippen LogP contribution in [0, 0.1) is 40.4 Å². The minimum absolute atomic E-state index is 0.0238. The molecule has 0 amide bonds. The summed E-state index contributed by atoms with van der Waals surface area (Å²) in [6.45, 7) is 6.43. The van der Waals surface area contributed by atoms with Gasteiger partial charge in [0.25, 0.3) is 0 Å². The van der Waals surface area contributed by atoms with E-state index in [0.717, 1.165) is 38.5 Å². The van der Waals surface area contributed by atoms with Gasteiger partial charge >= 0.3 is 5.97 Å². The van der Waals surface area contributed by atoms with Crippen molar-refractivity contribution in [3.05, 3.63) is 12.2 Å². The van der Waals surface area contributed by atoms with Crippen molar-refractivity contribution < 1.29 is 19.7 Å². The molecule has 23 heavy (non-hydrogen) atoms. The van der Waals surface area contributed by atoms with Crippen molar-refractivity contribution in [2.24, 2.45) is 40.4 Å². The highest BCUT2D eigenvalue weighted by Gasteiger charge is 2.77. The third-order valence-electron chi connectivity index (χ3n) is 8.55. The first-order valence-electron chi connectivity index (χ1n) is 9.16. The van der Waals surface area contributed by atoms with Gasteiger partial charge in [0, 0.05) is 5.41 Å². The summed E-state index contributed by atoms with van der Waals surface area (Å²) in [5, 5.41) is 21.0. The van der Waals surface area contributed by atoms with Crippen LogP contribution in [0.5, 0.6) is 0 Å². The maximum absolute atomic E-state index is 12.4. The topological polar surface area (TPSA) is 66.8 Å². The fourth-order valence-corrected chi connectivity index (χ4v) is 7.99. The van der Waals surface area contributed by atoms with Gasteiger partial charge in [-0.1, -0.05) is 19.1 Å². The Morgan fingerprint density at radius 1 is 1.35 bits per heavy atom. The minimum atomic E-state index is -0.779. The number of aliphatic hydroxyl groups is 1. The lowest BCUT2D eigenvalue weighted by molar-refractivity contribution is -0.314. The van der Waals surface area contributed by atoms with Gasteiger partial charge in [-0.25, -0.2) is 0 Å². The van der Waals surface area contributed by atoms with Crippen LogP contribution >= 0.6 is 0 Å². The van der Waals surface area contributed by atoms with Gasteiger partial charge in [-0.15, -0.1) is 0 Å². The van der Waals surface area contributed by atoms with E-state index >= 15 is 0 Å². The molecule has 2 saturated heterocycles. The third-order valence-corrected chi connectivity index (χ3v) is 8.55. The number of hydrogen-bond acceptors (Lipinski definition) is 3. The Balaban J connectivity index is 1.73. The molecular weight excluding hydrogens is 292 g/mol. The van der Waals surface area contributed by atoms with Crippen LogP contribution in [-0.4, -0.2) is 28.6 Å². The SMILES string of the molecule is C=C1C[C@]23C[C@H]1CCC2[C@@]12CC[C@@H](OC1O)[C@H](C)C2[C@@H]3C(=O)O. The number of carboxylic acid groups (broad SMARTS) is 1.